The number of nitrogens with zero attached hydrogens (tertiary/aromatic N) is 1. The fraction of sp³-hybridized carbons (Fsp3) is 0.455. The minimum absolute atomic E-state index is 0.0524. The van der Waals surface area contributed by atoms with Gasteiger partial charge in [-0.1, -0.05) is 44.2 Å². The first kappa shape index (κ1) is 20.8. The van der Waals surface area contributed by atoms with E-state index in [0.29, 0.717) is 17.4 Å². The summed E-state index contributed by atoms with van der Waals surface area (Å²) in [6.45, 7) is 6.43. The Balaban J connectivity index is 1.81. The van der Waals surface area contributed by atoms with Crippen molar-refractivity contribution in [1.82, 2.24) is 9.62 Å². The van der Waals surface area contributed by atoms with E-state index in [0.717, 1.165) is 42.8 Å². The summed E-state index contributed by atoms with van der Waals surface area (Å²) in [5, 5.41) is 0. The van der Waals surface area contributed by atoms with Crippen LogP contribution in [0.2, 0.25) is 0 Å². The van der Waals surface area contributed by atoms with E-state index >= 15 is 0 Å². The van der Waals surface area contributed by atoms with Crippen LogP contribution in [0.3, 0.4) is 0 Å². The van der Waals surface area contributed by atoms with E-state index in [1.165, 1.54) is 0 Å². The molecular weight excluding hydrogens is 372 g/mol. The van der Waals surface area contributed by atoms with E-state index < -0.39 is 10.0 Å². The van der Waals surface area contributed by atoms with E-state index in [1.807, 2.05) is 36.4 Å². The molecule has 0 radical (unpaired) electrons. The molecule has 152 valence electrons. The van der Waals surface area contributed by atoms with Crippen LogP contribution in [0.5, 0.6) is 5.75 Å². The molecule has 1 aliphatic heterocycles. The summed E-state index contributed by atoms with van der Waals surface area (Å²) in [5.74, 6) is 1.16. The highest BCUT2D eigenvalue weighted by molar-refractivity contribution is 7.89. The van der Waals surface area contributed by atoms with Gasteiger partial charge in [-0.25, -0.2) is 13.1 Å². The van der Waals surface area contributed by atoms with Crippen LogP contribution in [-0.4, -0.2) is 40.1 Å². The summed E-state index contributed by atoms with van der Waals surface area (Å²) >= 11 is 0. The van der Waals surface area contributed by atoms with Gasteiger partial charge in [-0.2, -0.15) is 0 Å². The zero-order valence-corrected chi connectivity index (χ0v) is 17.7. The van der Waals surface area contributed by atoms with Crippen LogP contribution < -0.4 is 9.46 Å². The van der Waals surface area contributed by atoms with Crippen molar-refractivity contribution in [2.45, 2.75) is 43.5 Å². The second-order valence-electron chi connectivity index (χ2n) is 7.58. The maximum atomic E-state index is 12.9. The van der Waals surface area contributed by atoms with Crippen molar-refractivity contribution >= 4 is 10.0 Å². The number of likely N-dealkylation sites (tertiary alicyclic amines) is 1. The predicted molar refractivity (Wildman–Crippen MR) is 112 cm³/mol. The fourth-order valence-corrected chi connectivity index (χ4v) is 4.77. The Labute approximate surface area is 168 Å². The van der Waals surface area contributed by atoms with Crippen molar-refractivity contribution in [3.05, 3.63) is 59.7 Å². The van der Waals surface area contributed by atoms with E-state index in [-0.39, 0.29) is 6.04 Å². The van der Waals surface area contributed by atoms with E-state index in [2.05, 4.69) is 23.5 Å². The van der Waals surface area contributed by atoms with Crippen LogP contribution >= 0.6 is 0 Å². The number of sulfonamides is 1. The van der Waals surface area contributed by atoms with Gasteiger partial charge in [0.15, 0.2) is 0 Å². The van der Waals surface area contributed by atoms with Crippen LogP contribution in [0.1, 0.15) is 49.8 Å². The number of ether oxygens (including phenoxy) is 1. The van der Waals surface area contributed by atoms with Crippen LogP contribution in [0.4, 0.5) is 0 Å². The maximum absolute atomic E-state index is 12.9. The van der Waals surface area contributed by atoms with Crippen molar-refractivity contribution in [3.8, 4) is 5.75 Å². The zero-order chi connectivity index (χ0) is 20.1. The molecule has 5 nitrogen and oxygen atoms in total. The molecule has 1 atom stereocenters. The van der Waals surface area contributed by atoms with Gasteiger partial charge in [0.05, 0.1) is 18.0 Å². The van der Waals surface area contributed by atoms with Gasteiger partial charge in [0.1, 0.15) is 5.75 Å². The molecule has 0 spiro atoms. The van der Waals surface area contributed by atoms with Crippen molar-refractivity contribution in [1.29, 1.82) is 0 Å². The number of benzene rings is 2. The lowest BCUT2D eigenvalue weighted by Crippen LogP contribution is -2.37. The molecule has 1 heterocycles. The largest absolute Gasteiger partial charge is 0.496 e. The lowest BCUT2D eigenvalue weighted by atomic mass is 10.0. The first-order valence-electron chi connectivity index (χ1n) is 9.89. The van der Waals surface area contributed by atoms with Crippen LogP contribution in [0, 0.1) is 0 Å². The molecule has 0 bridgehead atoms. The standard InChI is InChI=1S/C22H30N2O3S/c1-17(2)18-10-12-19(13-11-18)28(25,26)23-16-21(24-14-6-7-15-24)20-8-4-5-9-22(20)27-3/h4-5,8-13,17,21,23H,6-7,14-16H2,1-3H3. The van der Waals surface area contributed by atoms with Crippen LogP contribution in [0.15, 0.2) is 53.4 Å². The number of methoxy groups -OCH3 is 1. The summed E-state index contributed by atoms with van der Waals surface area (Å²) < 4.78 is 34.1. The molecule has 2 aromatic carbocycles. The van der Waals surface area contributed by atoms with Gasteiger partial charge >= 0.3 is 0 Å². The average Bonchev–Trinajstić information content (AvgIpc) is 3.23. The molecule has 0 saturated carbocycles. The van der Waals surface area contributed by atoms with Gasteiger partial charge in [-0.05, 0) is 55.6 Å². The molecular formula is C22H30N2O3S. The van der Waals surface area contributed by atoms with Crippen molar-refractivity contribution in [2.24, 2.45) is 0 Å². The summed E-state index contributed by atoms with van der Waals surface area (Å²) in [5.41, 5.74) is 2.15. The lowest BCUT2D eigenvalue weighted by Gasteiger charge is -2.29. The van der Waals surface area contributed by atoms with Crippen molar-refractivity contribution < 1.29 is 13.2 Å². The molecule has 0 amide bonds. The van der Waals surface area contributed by atoms with E-state index in [1.54, 1.807) is 19.2 Å². The minimum Gasteiger partial charge on any atom is -0.496 e. The molecule has 2 aromatic rings. The molecule has 1 aliphatic rings. The van der Waals surface area contributed by atoms with Gasteiger partial charge in [-0.3, -0.25) is 4.90 Å². The normalized spacial score (nSPS) is 16.4. The second-order valence-corrected chi connectivity index (χ2v) is 9.34. The highest BCUT2D eigenvalue weighted by Crippen LogP contribution is 2.31. The number of para-hydroxylation sites is 1. The minimum atomic E-state index is -3.57. The number of hydrogen-bond donors (Lipinski definition) is 1. The van der Waals surface area contributed by atoms with Crippen molar-refractivity contribution in [2.75, 3.05) is 26.7 Å². The predicted octanol–water partition coefficient (Wildman–Crippen LogP) is 3.93. The average molecular weight is 403 g/mol. The maximum Gasteiger partial charge on any atom is 0.240 e. The van der Waals surface area contributed by atoms with Gasteiger partial charge in [0.2, 0.25) is 10.0 Å². The summed E-state index contributed by atoms with van der Waals surface area (Å²) in [6, 6.07) is 14.9. The molecule has 0 aliphatic carbocycles. The fourth-order valence-electron chi connectivity index (χ4n) is 3.73. The third-order valence-corrected chi connectivity index (χ3v) is 6.84. The highest BCUT2D eigenvalue weighted by atomic mass is 32.2. The highest BCUT2D eigenvalue weighted by Gasteiger charge is 2.27. The third-order valence-electron chi connectivity index (χ3n) is 5.40. The third kappa shape index (κ3) is 4.74. The van der Waals surface area contributed by atoms with Gasteiger partial charge in [-0.15, -0.1) is 0 Å². The first-order valence-corrected chi connectivity index (χ1v) is 11.4. The molecule has 1 N–H and O–H groups in total. The molecule has 1 saturated heterocycles. The molecule has 1 fully saturated rings. The Morgan fingerprint density at radius 2 is 1.68 bits per heavy atom. The van der Waals surface area contributed by atoms with Gasteiger partial charge in [0.25, 0.3) is 0 Å². The SMILES string of the molecule is COc1ccccc1C(CNS(=O)(=O)c1ccc(C(C)C)cc1)N1CCCC1. The summed E-state index contributed by atoms with van der Waals surface area (Å²) in [4.78, 5) is 2.64. The number of hydrogen-bond acceptors (Lipinski definition) is 4. The zero-order valence-electron chi connectivity index (χ0n) is 16.9. The molecule has 6 heteroatoms. The van der Waals surface area contributed by atoms with Crippen molar-refractivity contribution in [3.63, 3.8) is 0 Å². The monoisotopic (exact) mass is 402 g/mol. The molecule has 28 heavy (non-hydrogen) atoms. The topological polar surface area (TPSA) is 58.6 Å². The quantitative estimate of drug-likeness (QED) is 0.727. The Bertz CT molecular complexity index is 873. The first-order chi connectivity index (χ1) is 13.4. The smallest absolute Gasteiger partial charge is 0.240 e. The molecule has 1 unspecified atom stereocenters. The summed E-state index contributed by atoms with van der Waals surface area (Å²) in [6.07, 6.45) is 2.27. The van der Waals surface area contributed by atoms with E-state index in [9.17, 15) is 8.42 Å². The van der Waals surface area contributed by atoms with Gasteiger partial charge in [0, 0.05) is 12.1 Å². The number of rotatable bonds is 8. The Kier molecular flexibility index (Phi) is 6.75. The van der Waals surface area contributed by atoms with Gasteiger partial charge < -0.3 is 4.74 Å². The van der Waals surface area contributed by atoms with Crippen LogP contribution in [0.25, 0.3) is 0 Å². The molecule has 3 rings (SSSR count). The Hall–Kier alpha value is -1.89. The molecule has 0 aromatic heterocycles. The summed E-state index contributed by atoms with van der Waals surface area (Å²) in [7, 11) is -1.92. The van der Waals surface area contributed by atoms with Crippen LogP contribution in [-0.2, 0) is 10.0 Å². The Morgan fingerprint density at radius 3 is 2.29 bits per heavy atom. The lowest BCUT2D eigenvalue weighted by molar-refractivity contribution is 0.240. The Morgan fingerprint density at radius 1 is 1.04 bits per heavy atom. The second kappa shape index (κ2) is 9.07. The number of nitrogens with one attached hydrogen (secondary N) is 1. The van der Waals surface area contributed by atoms with E-state index in [4.69, 9.17) is 4.74 Å².